The number of fused-ring (bicyclic) bond motifs is 1. The van der Waals surface area contributed by atoms with Crippen molar-refractivity contribution in [2.75, 3.05) is 0 Å². The fraction of sp³-hybridized carbons (Fsp3) is 0.0625. The fourth-order valence-electron chi connectivity index (χ4n) is 2.36. The maximum absolute atomic E-state index is 12.0. The molecule has 120 valence electrons. The molecule has 2 aromatic heterocycles. The number of halogens is 2. The van der Waals surface area contributed by atoms with Crippen LogP contribution < -0.4 is 5.76 Å². The minimum atomic E-state index is -0.515. The van der Waals surface area contributed by atoms with E-state index in [1.54, 1.807) is 42.5 Å². The van der Waals surface area contributed by atoms with E-state index >= 15 is 0 Å². The minimum Gasteiger partial charge on any atom is -0.408 e. The molecule has 0 saturated heterocycles. The zero-order valence-corrected chi connectivity index (χ0v) is 13.6. The van der Waals surface area contributed by atoms with Crippen molar-refractivity contribution >= 4 is 34.3 Å². The molecule has 0 fully saturated rings. The molecule has 0 unspecified atom stereocenters. The molecule has 0 spiro atoms. The second-order valence-electron chi connectivity index (χ2n) is 5.08. The van der Waals surface area contributed by atoms with Crippen LogP contribution in [-0.4, -0.2) is 14.7 Å². The molecular weight excluding hydrogens is 353 g/mol. The van der Waals surface area contributed by atoms with Crippen LogP contribution >= 0.6 is 23.2 Å². The summed E-state index contributed by atoms with van der Waals surface area (Å²) >= 11 is 11.8. The quantitative estimate of drug-likeness (QED) is 0.551. The van der Waals surface area contributed by atoms with Crippen molar-refractivity contribution in [2.45, 2.75) is 6.54 Å². The van der Waals surface area contributed by atoms with Crippen LogP contribution in [0.5, 0.6) is 0 Å². The van der Waals surface area contributed by atoms with E-state index in [-0.39, 0.29) is 6.54 Å². The largest absolute Gasteiger partial charge is 0.420 e. The smallest absolute Gasteiger partial charge is 0.408 e. The Morgan fingerprint density at radius 1 is 1.04 bits per heavy atom. The number of nitrogens with zero attached hydrogens (tertiary/aromatic N) is 3. The average Bonchev–Trinajstić information content (AvgIpc) is 3.13. The first kappa shape index (κ1) is 15.0. The van der Waals surface area contributed by atoms with Crippen LogP contribution in [0.4, 0.5) is 0 Å². The van der Waals surface area contributed by atoms with Gasteiger partial charge in [-0.1, -0.05) is 28.4 Å². The number of aromatic nitrogens is 3. The van der Waals surface area contributed by atoms with Crippen LogP contribution in [0, 0.1) is 0 Å². The lowest BCUT2D eigenvalue weighted by Gasteiger charge is -1.97. The van der Waals surface area contributed by atoms with E-state index in [0.29, 0.717) is 32.9 Å². The summed E-state index contributed by atoms with van der Waals surface area (Å²) in [6.45, 7) is 0.105. The van der Waals surface area contributed by atoms with E-state index < -0.39 is 5.76 Å². The van der Waals surface area contributed by atoms with Gasteiger partial charge in [-0.05, 0) is 36.4 Å². The third-order valence-electron chi connectivity index (χ3n) is 3.49. The Morgan fingerprint density at radius 3 is 2.58 bits per heavy atom. The predicted molar refractivity (Wildman–Crippen MR) is 89.3 cm³/mol. The van der Waals surface area contributed by atoms with Gasteiger partial charge in [0.2, 0.25) is 11.7 Å². The highest BCUT2D eigenvalue weighted by atomic mass is 35.5. The molecule has 0 aliphatic carbocycles. The van der Waals surface area contributed by atoms with Gasteiger partial charge in [0.1, 0.15) is 6.54 Å². The molecular formula is C16H9Cl2N3O3. The van der Waals surface area contributed by atoms with Crippen molar-refractivity contribution in [3.63, 3.8) is 0 Å². The highest BCUT2D eigenvalue weighted by Gasteiger charge is 2.14. The summed E-state index contributed by atoms with van der Waals surface area (Å²) < 4.78 is 11.8. The van der Waals surface area contributed by atoms with Crippen LogP contribution in [0.1, 0.15) is 5.89 Å². The van der Waals surface area contributed by atoms with Gasteiger partial charge >= 0.3 is 5.76 Å². The molecule has 0 amide bonds. The van der Waals surface area contributed by atoms with E-state index in [0.717, 1.165) is 5.56 Å². The normalized spacial score (nSPS) is 11.2. The Balaban J connectivity index is 1.68. The standard InChI is InChI=1S/C16H9Cl2N3O3/c17-10-3-1-9(2-4-10)15-19-14(24-20-15)8-21-12-6-5-11(18)7-13(12)23-16(21)22/h1-7H,8H2. The number of oxazole rings is 1. The molecule has 0 N–H and O–H groups in total. The van der Waals surface area contributed by atoms with Crippen LogP contribution in [0.25, 0.3) is 22.5 Å². The van der Waals surface area contributed by atoms with Crippen molar-refractivity contribution < 1.29 is 8.94 Å². The molecule has 0 saturated carbocycles. The van der Waals surface area contributed by atoms with Gasteiger partial charge in [-0.15, -0.1) is 0 Å². The first-order valence-electron chi connectivity index (χ1n) is 6.97. The summed E-state index contributed by atoms with van der Waals surface area (Å²) in [4.78, 5) is 16.3. The second kappa shape index (κ2) is 5.81. The van der Waals surface area contributed by atoms with Crippen molar-refractivity contribution in [3.8, 4) is 11.4 Å². The summed E-state index contributed by atoms with van der Waals surface area (Å²) in [7, 11) is 0. The zero-order valence-electron chi connectivity index (χ0n) is 12.1. The summed E-state index contributed by atoms with van der Waals surface area (Å²) in [5.41, 5.74) is 1.78. The Morgan fingerprint density at radius 2 is 1.79 bits per heavy atom. The molecule has 24 heavy (non-hydrogen) atoms. The van der Waals surface area contributed by atoms with E-state index in [1.165, 1.54) is 4.57 Å². The van der Waals surface area contributed by atoms with Crippen LogP contribution in [-0.2, 0) is 6.54 Å². The molecule has 0 atom stereocenters. The van der Waals surface area contributed by atoms with Gasteiger partial charge in [0.15, 0.2) is 5.58 Å². The molecule has 0 aliphatic heterocycles. The predicted octanol–water partition coefficient (Wildman–Crippen LogP) is 4.00. The number of rotatable bonds is 3. The first-order valence-corrected chi connectivity index (χ1v) is 7.73. The lowest BCUT2D eigenvalue weighted by molar-refractivity contribution is 0.367. The Labute approximate surface area is 145 Å². The molecule has 6 nitrogen and oxygen atoms in total. The average molecular weight is 362 g/mol. The fourth-order valence-corrected chi connectivity index (χ4v) is 2.65. The number of benzene rings is 2. The van der Waals surface area contributed by atoms with E-state index in [4.69, 9.17) is 32.1 Å². The molecule has 8 heteroatoms. The lowest BCUT2D eigenvalue weighted by atomic mass is 10.2. The van der Waals surface area contributed by atoms with Crippen LogP contribution in [0.15, 0.2) is 56.2 Å². The maximum atomic E-state index is 12.0. The Kier molecular flexibility index (Phi) is 3.63. The van der Waals surface area contributed by atoms with Gasteiger partial charge in [0.25, 0.3) is 0 Å². The van der Waals surface area contributed by atoms with Crippen molar-refractivity contribution in [2.24, 2.45) is 0 Å². The summed E-state index contributed by atoms with van der Waals surface area (Å²) in [6, 6.07) is 12.0. The van der Waals surface area contributed by atoms with Gasteiger partial charge < -0.3 is 8.94 Å². The van der Waals surface area contributed by atoms with Crippen molar-refractivity contribution in [1.29, 1.82) is 0 Å². The number of hydrogen-bond donors (Lipinski definition) is 0. The summed E-state index contributed by atoms with van der Waals surface area (Å²) in [6.07, 6.45) is 0. The SMILES string of the molecule is O=c1oc2cc(Cl)ccc2n1Cc1nc(-c2ccc(Cl)cc2)no1. The van der Waals surface area contributed by atoms with E-state index in [9.17, 15) is 4.79 Å². The Hall–Kier alpha value is -2.57. The molecule has 2 heterocycles. The first-order chi connectivity index (χ1) is 11.6. The molecule has 4 aromatic rings. The van der Waals surface area contributed by atoms with Crippen molar-refractivity contribution in [3.05, 3.63) is 69.0 Å². The maximum Gasteiger partial charge on any atom is 0.420 e. The lowest BCUT2D eigenvalue weighted by Crippen LogP contribution is -2.15. The summed E-state index contributed by atoms with van der Waals surface area (Å²) in [5.74, 6) is 0.198. The highest BCUT2D eigenvalue weighted by Crippen LogP contribution is 2.21. The molecule has 2 aromatic carbocycles. The van der Waals surface area contributed by atoms with Crippen LogP contribution in [0.3, 0.4) is 0 Å². The van der Waals surface area contributed by atoms with Gasteiger partial charge in [-0.3, -0.25) is 4.57 Å². The van der Waals surface area contributed by atoms with Gasteiger partial charge in [-0.25, -0.2) is 4.79 Å². The monoisotopic (exact) mass is 361 g/mol. The van der Waals surface area contributed by atoms with Gasteiger partial charge in [0, 0.05) is 21.7 Å². The van der Waals surface area contributed by atoms with Crippen molar-refractivity contribution in [1.82, 2.24) is 14.7 Å². The third kappa shape index (κ3) is 2.70. The topological polar surface area (TPSA) is 74.1 Å². The third-order valence-corrected chi connectivity index (χ3v) is 3.98. The molecule has 0 radical (unpaired) electrons. The molecule has 0 aliphatic rings. The number of hydrogen-bond acceptors (Lipinski definition) is 5. The second-order valence-corrected chi connectivity index (χ2v) is 5.96. The molecule has 0 bridgehead atoms. The van der Waals surface area contributed by atoms with Gasteiger partial charge in [0.05, 0.1) is 5.52 Å². The summed E-state index contributed by atoms with van der Waals surface area (Å²) in [5, 5.41) is 5.04. The van der Waals surface area contributed by atoms with E-state index in [2.05, 4.69) is 10.1 Å². The molecule has 4 rings (SSSR count). The van der Waals surface area contributed by atoms with E-state index in [1.807, 2.05) is 0 Å². The van der Waals surface area contributed by atoms with Gasteiger partial charge in [-0.2, -0.15) is 4.98 Å². The Bertz CT molecular complexity index is 1080. The highest BCUT2D eigenvalue weighted by molar-refractivity contribution is 6.31. The van der Waals surface area contributed by atoms with Crippen LogP contribution in [0.2, 0.25) is 10.0 Å². The minimum absolute atomic E-state index is 0.105. The zero-order chi connectivity index (χ0) is 16.7.